The van der Waals surface area contributed by atoms with Gasteiger partial charge in [0.15, 0.2) is 0 Å². The highest BCUT2D eigenvalue weighted by molar-refractivity contribution is 6.32. The summed E-state index contributed by atoms with van der Waals surface area (Å²) < 4.78 is 6.27. The van der Waals surface area contributed by atoms with Gasteiger partial charge in [0.2, 0.25) is 0 Å². The van der Waals surface area contributed by atoms with Gasteiger partial charge in [0.25, 0.3) is 5.56 Å². The number of methoxy groups -OCH3 is 1. The minimum atomic E-state index is -0.277. The first-order valence-electron chi connectivity index (χ1n) is 5.69. The molecule has 0 aliphatic rings. The van der Waals surface area contributed by atoms with Crippen LogP contribution in [0.25, 0.3) is 0 Å². The van der Waals surface area contributed by atoms with E-state index in [4.69, 9.17) is 16.3 Å². The average Bonchev–Trinajstić information content (AvgIpc) is 2.33. The van der Waals surface area contributed by atoms with Crippen molar-refractivity contribution in [3.63, 3.8) is 0 Å². The molecule has 1 aromatic heterocycles. The lowest BCUT2D eigenvalue weighted by molar-refractivity contribution is 0.211. The molecule has 1 N–H and O–H groups in total. The fraction of sp³-hybridized carbons (Fsp3) is 0.636. The van der Waals surface area contributed by atoms with E-state index in [0.29, 0.717) is 25.4 Å². The van der Waals surface area contributed by atoms with Crippen LogP contribution in [-0.4, -0.2) is 55.6 Å². The van der Waals surface area contributed by atoms with Crippen molar-refractivity contribution in [1.29, 1.82) is 0 Å². The van der Waals surface area contributed by atoms with E-state index >= 15 is 0 Å². The molecule has 6 nitrogen and oxygen atoms in total. The van der Waals surface area contributed by atoms with E-state index in [1.54, 1.807) is 13.3 Å². The van der Waals surface area contributed by atoms with Crippen LogP contribution in [0.5, 0.6) is 0 Å². The monoisotopic (exact) mass is 274 g/mol. The predicted octanol–water partition coefficient (Wildman–Crippen LogP) is 0.517. The van der Waals surface area contributed by atoms with Crippen LogP contribution in [0.1, 0.15) is 0 Å². The molecule has 0 saturated heterocycles. The molecule has 1 aromatic rings. The Balaban J connectivity index is 2.75. The summed E-state index contributed by atoms with van der Waals surface area (Å²) in [7, 11) is 5.49. The van der Waals surface area contributed by atoms with Gasteiger partial charge in [-0.1, -0.05) is 11.6 Å². The number of rotatable bonds is 7. The fourth-order valence-electron chi connectivity index (χ4n) is 1.33. The number of hydrogen-bond donors (Lipinski definition) is 1. The third kappa shape index (κ3) is 4.29. The zero-order valence-electron chi connectivity index (χ0n) is 10.9. The van der Waals surface area contributed by atoms with Crippen LogP contribution < -0.4 is 10.9 Å². The number of anilines is 1. The lowest BCUT2D eigenvalue weighted by atomic mass is 10.4. The van der Waals surface area contributed by atoms with Gasteiger partial charge in [-0.25, -0.2) is 4.68 Å². The molecule has 0 unspecified atom stereocenters. The second-order valence-electron chi connectivity index (χ2n) is 4.12. The van der Waals surface area contributed by atoms with Gasteiger partial charge in [0, 0.05) is 20.2 Å². The smallest absolute Gasteiger partial charge is 0.287 e. The second kappa shape index (κ2) is 7.35. The molecule has 0 amide bonds. The standard InChI is InChI=1S/C11H19ClN4O2/c1-15(2)5-6-16-11(17)10(12)9(8-14-16)13-4-7-18-3/h8,13H,4-7H2,1-3H3. The molecule has 1 heterocycles. The first-order valence-corrected chi connectivity index (χ1v) is 6.07. The molecular formula is C11H19ClN4O2. The molecule has 0 aliphatic heterocycles. The maximum atomic E-state index is 11.9. The van der Waals surface area contributed by atoms with E-state index in [9.17, 15) is 4.79 Å². The van der Waals surface area contributed by atoms with Crippen molar-refractivity contribution in [2.24, 2.45) is 0 Å². The third-order valence-corrected chi connectivity index (χ3v) is 2.73. The Morgan fingerprint density at radius 1 is 1.56 bits per heavy atom. The number of likely N-dealkylation sites (N-methyl/N-ethyl adjacent to an activating group) is 1. The lowest BCUT2D eigenvalue weighted by Gasteiger charge is -2.12. The molecule has 0 atom stereocenters. The topological polar surface area (TPSA) is 59.4 Å². The van der Waals surface area contributed by atoms with E-state index in [2.05, 4.69) is 10.4 Å². The van der Waals surface area contributed by atoms with E-state index in [-0.39, 0.29) is 10.6 Å². The summed E-state index contributed by atoms with van der Waals surface area (Å²) in [6.45, 7) is 2.38. The average molecular weight is 275 g/mol. The Hall–Kier alpha value is -1.11. The molecule has 0 spiro atoms. The number of nitrogens with zero attached hydrogens (tertiary/aromatic N) is 3. The van der Waals surface area contributed by atoms with Gasteiger partial charge in [0.05, 0.1) is 25.0 Å². The highest BCUT2D eigenvalue weighted by atomic mass is 35.5. The van der Waals surface area contributed by atoms with E-state index in [1.807, 2.05) is 19.0 Å². The van der Waals surface area contributed by atoms with Crippen LogP contribution in [0.15, 0.2) is 11.0 Å². The van der Waals surface area contributed by atoms with Crippen LogP contribution in [0.2, 0.25) is 5.02 Å². The first kappa shape index (κ1) is 14.9. The molecule has 0 fully saturated rings. The molecule has 0 radical (unpaired) electrons. The highest BCUT2D eigenvalue weighted by Crippen LogP contribution is 2.14. The number of nitrogens with one attached hydrogen (secondary N) is 1. The van der Waals surface area contributed by atoms with Crippen LogP contribution >= 0.6 is 11.6 Å². The summed E-state index contributed by atoms with van der Waals surface area (Å²) in [4.78, 5) is 13.9. The van der Waals surface area contributed by atoms with Crippen molar-refractivity contribution < 1.29 is 4.74 Å². The fourth-order valence-corrected chi connectivity index (χ4v) is 1.54. The van der Waals surface area contributed by atoms with Crippen LogP contribution in [0.4, 0.5) is 5.69 Å². The van der Waals surface area contributed by atoms with Crippen LogP contribution in [0, 0.1) is 0 Å². The number of halogens is 1. The molecule has 18 heavy (non-hydrogen) atoms. The summed E-state index contributed by atoms with van der Waals surface area (Å²) in [6.07, 6.45) is 1.56. The quantitative estimate of drug-likeness (QED) is 0.735. The summed E-state index contributed by atoms with van der Waals surface area (Å²) in [6, 6.07) is 0. The van der Waals surface area contributed by atoms with E-state index in [1.165, 1.54) is 4.68 Å². The van der Waals surface area contributed by atoms with Crippen molar-refractivity contribution in [2.75, 3.05) is 46.2 Å². The van der Waals surface area contributed by atoms with Gasteiger partial charge < -0.3 is 15.0 Å². The molecule has 1 rings (SSSR count). The minimum absolute atomic E-state index is 0.167. The summed E-state index contributed by atoms with van der Waals surface area (Å²) >= 11 is 6.00. The first-order chi connectivity index (χ1) is 8.56. The zero-order chi connectivity index (χ0) is 13.5. The van der Waals surface area contributed by atoms with Gasteiger partial charge in [0.1, 0.15) is 5.02 Å². The molecule has 0 aliphatic carbocycles. The Morgan fingerprint density at radius 3 is 2.89 bits per heavy atom. The molecule has 102 valence electrons. The third-order valence-electron chi connectivity index (χ3n) is 2.37. The van der Waals surface area contributed by atoms with Crippen LogP contribution in [0.3, 0.4) is 0 Å². The van der Waals surface area contributed by atoms with Crippen molar-refractivity contribution in [2.45, 2.75) is 6.54 Å². The number of aromatic nitrogens is 2. The number of ether oxygens (including phenoxy) is 1. The van der Waals surface area contributed by atoms with Crippen LogP contribution in [-0.2, 0) is 11.3 Å². The van der Waals surface area contributed by atoms with Gasteiger partial charge >= 0.3 is 0 Å². The molecular weight excluding hydrogens is 256 g/mol. The van der Waals surface area contributed by atoms with E-state index in [0.717, 1.165) is 6.54 Å². The Labute approximate surface area is 111 Å². The van der Waals surface area contributed by atoms with Gasteiger partial charge in [-0.3, -0.25) is 4.79 Å². The van der Waals surface area contributed by atoms with Crippen molar-refractivity contribution in [3.8, 4) is 0 Å². The summed E-state index contributed by atoms with van der Waals surface area (Å²) in [5.74, 6) is 0. The molecule has 0 bridgehead atoms. The normalized spacial score (nSPS) is 10.9. The van der Waals surface area contributed by atoms with Gasteiger partial charge in [-0.05, 0) is 14.1 Å². The zero-order valence-corrected chi connectivity index (χ0v) is 11.7. The lowest BCUT2D eigenvalue weighted by Crippen LogP contribution is -2.29. The summed E-state index contributed by atoms with van der Waals surface area (Å²) in [5, 5.41) is 7.25. The van der Waals surface area contributed by atoms with Gasteiger partial charge in [-0.2, -0.15) is 5.10 Å². The molecule has 0 saturated carbocycles. The second-order valence-corrected chi connectivity index (χ2v) is 4.50. The Bertz CT molecular complexity index is 434. The summed E-state index contributed by atoms with van der Waals surface area (Å²) in [5.41, 5.74) is 0.265. The number of hydrogen-bond acceptors (Lipinski definition) is 5. The van der Waals surface area contributed by atoms with Crippen molar-refractivity contribution >= 4 is 17.3 Å². The minimum Gasteiger partial charge on any atom is -0.383 e. The Morgan fingerprint density at radius 2 is 2.28 bits per heavy atom. The largest absolute Gasteiger partial charge is 0.383 e. The Kier molecular flexibility index (Phi) is 6.11. The van der Waals surface area contributed by atoms with Gasteiger partial charge in [-0.15, -0.1) is 0 Å². The highest BCUT2D eigenvalue weighted by Gasteiger charge is 2.08. The van der Waals surface area contributed by atoms with E-state index < -0.39 is 0 Å². The van der Waals surface area contributed by atoms with Crippen molar-refractivity contribution in [1.82, 2.24) is 14.7 Å². The maximum absolute atomic E-state index is 11.9. The molecule has 0 aromatic carbocycles. The maximum Gasteiger partial charge on any atom is 0.287 e. The molecule has 7 heteroatoms. The SMILES string of the molecule is COCCNc1cnn(CCN(C)C)c(=O)c1Cl. The predicted molar refractivity (Wildman–Crippen MR) is 72.4 cm³/mol. The van der Waals surface area contributed by atoms with Crippen molar-refractivity contribution in [3.05, 3.63) is 21.6 Å².